The quantitative estimate of drug-likeness (QED) is 0.397. The lowest BCUT2D eigenvalue weighted by atomic mass is 9.94. The lowest BCUT2D eigenvalue weighted by Gasteiger charge is -2.20. The van der Waals surface area contributed by atoms with Crippen LogP contribution >= 0.6 is 0 Å². The van der Waals surface area contributed by atoms with Crippen LogP contribution in [0.2, 0.25) is 0 Å². The highest BCUT2D eigenvalue weighted by Gasteiger charge is 2.31. The zero-order valence-electron chi connectivity index (χ0n) is 20.9. The van der Waals surface area contributed by atoms with E-state index in [1.807, 2.05) is 54.1 Å². The van der Waals surface area contributed by atoms with E-state index < -0.39 is 0 Å². The lowest BCUT2D eigenvalue weighted by molar-refractivity contribution is -0.111. The molecule has 4 heterocycles. The predicted octanol–water partition coefficient (Wildman–Crippen LogP) is 4.48. The number of nitrogens with one attached hydrogen (secondary N) is 2. The fourth-order valence-electron chi connectivity index (χ4n) is 5.50. The molecule has 6 rings (SSSR count). The molecule has 9 nitrogen and oxygen atoms in total. The highest BCUT2D eigenvalue weighted by Crippen LogP contribution is 2.45. The number of nitriles is 1. The molecule has 0 spiro atoms. The van der Waals surface area contributed by atoms with E-state index in [1.54, 1.807) is 11.2 Å². The molecule has 0 saturated carbocycles. The normalized spacial score (nSPS) is 15.8. The second-order valence-corrected chi connectivity index (χ2v) is 9.49. The van der Waals surface area contributed by atoms with Gasteiger partial charge in [-0.15, -0.1) is 0 Å². The van der Waals surface area contributed by atoms with Crippen LogP contribution in [0.4, 0.5) is 11.5 Å². The van der Waals surface area contributed by atoms with Crippen molar-refractivity contribution in [1.29, 1.82) is 5.26 Å². The van der Waals surface area contributed by atoms with Crippen LogP contribution in [0.15, 0.2) is 61.4 Å². The molecule has 0 aliphatic carbocycles. The van der Waals surface area contributed by atoms with Gasteiger partial charge >= 0.3 is 0 Å². The van der Waals surface area contributed by atoms with Crippen LogP contribution in [0.3, 0.4) is 0 Å². The monoisotopic (exact) mass is 503 g/mol. The SMILES string of the molecule is C=CC(=O)Nc1ccc(-c2c3c4c(ncnc4n2C)NCc2cc(C(=O)N4CCCC4C#N)ccc2-3)cc1. The molecule has 9 heteroatoms. The van der Waals surface area contributed by atoms with Gasteiger partial charge in [0.05, 0.1) is 17.1 Å². The number of benzene rings is 2. The maximum absolute atomic E-state index is 13.3. The summed E-state index contributed by atoms with van der Waals surface area (Å²) in [7, 11) is 1.97. The van der Waals surface area contributed by atoms with Crippen molar-refractivity contribution in [1.82, 2.24) is 19.4 Å². The third-order valence-electron chi connectivity index (χ3n) is 7.31. The first-order chi connectivity index (χ1) is 18.5. The molecule has 188 valence electrons. The molecule has 2 aromatic heterocycles. The molecule has 2 N–H and O–H groups in total. The van der Waals surface area contributed by atoms with Gasteiger partial charge in [-0.1, -0.05) is 24.8 Å². The Labute approximate surface area is 219 Å². The van der Waals surface area contributed by atoms with Gasteiger partial charge in [-0.3, -0.25) is 9.59 Å². The van der Waals surface area contributed by atoms with Gasteiger partial charge in [0.15, 0.2) is 0 Å². The molecular weight excluding hydrogens is 478 g/mol. The molecule has 2 aromatic carbocycles. The molecule has 1 unspecified atom stereocenters. The number of aromatic nitrogens is 3. The van der Waals surface area contributed by atoms with Crippen molar-refractivity contribution in [3.63, 3.8) is 0 Å². The number of anilines is 2. The van der Waals surface area contributed by atoms with Gasteiger partial charge in [-0.2, -0.15) is 5.26 Å². The molecule has 0 radical (unpaired) electrons. The maximum Gasteiger partial charge on any atom is 0.254 e. The molecule has 1 saturated heterocycles. The van der Waals surface area contributed by atoms with E-state index in [-0.39, 0.29) is 17.9 Å². The number of likely N-dealkylation sites (tertiary alicyclic amines) is 1. The fraction of sp³-hybridized carbons (Fsp3) is 0.207. The Morgan fingerprint density at radius 3 is 2.79 bits per heavy atom. The van der Waals surface area contributed by atoms with E-state index >= 15 is 0 Å². The molecule has 0 bridgehead atoms. The summed E-state index contributed by atoms with van der Waals surface area (Å²) in [5.74, 6) is 0.345. The minimum absolute atomic E-state index is 0.117. The Kier molecular flexibility index (Phi) is 5.65. The Morgan fingerprint density at radius 1 is 1.21 bits per heavy atom. The van der Waals surface area contributed by atoms with Gasteiger partial charge in [-0.05, 0) is 59.9 Å². The number of amides is 2. The highest BCUT2D eigenvalue weighted by atomic mass is 16.2. The first kappa shape index (κ1) is 23.4. The summed E-state index contributed by atoms with van der Waals surface area (Å²) in [4.78, 5) is 35.8. The number of carbonyl (C=O) groups excluding carboxylic acids is 2. The molecule has 1 fully saturated rings. The van der Waals surface area contributed by atoms with Crippen molar-refractivity contribution >= 4 is 34.4 Å². The van der Waals surface area contributed by atoms with E-state index in [1.165, 1.54) is 6.08 Å². The number of hydrogen-bond donors (Lipinski definition) is 2. The van der Waals surface area contributed by atoms with E-state index in [9.17, 15) is 14.9 Å². The second kappa shape index (κ2) is 9.16. The second-order valence-electron chi connectivity index (χ2n) is 9.49. The van der Waals surface area contributed by atoms with Gasteiger partial charge < -0.3 is 20.1 Å². The molecule has 1 atom stereocenters. The Morgan fingerprint density at radius 2 is 2.03 bits per heavy atom. The van der Waals surface area contributed by atoms with Crippen LogP contribution in [-0.4, -0.2) is 43.8 Å². The predicted molar refractivity (Wildman–Crippen MR) is 145 cm³/mol. The van der Waals surface area contributed by atoms with Crippen molar-refractivity contribution in [3.05, 3.63) is 72.6 Å². The summed E-state index contributed by atoms with van der Waals surface area (Å²) in [6.07, 6.45) is 4.33. The Hall–Kier alpha value is -4.97. The van der Waals surface area contributed by atoms with Crippen LogP contribution < -0.4 is 10.6 Å². The summed E-state index contributed by atoms with van der Waals surface area (Å²) < 4.78 is 2.05. The number of hydrogen-bond acceptors (Lipinski definition) is 6. The summed E-state index contributed by atoms with van der Waals surface area (Å²) in [5.41, 5.74) is 6.87. The summed E-state index contributed by atoms with van der Waals surface area (Å²) in [6.45, 7) is 4.59. The molecule has 2 aliphatic rings. The fourth-order valence-corrected chi connectivity index (χ4v) is 5.50. The van der Waals surface area contributed by atoms with Gasteiger partial charge in [0.25, 0.3) is 5.91 Å². The molecule has 2 aliphatic heterocycles. The smallest absolute Gasteiger partial charge is 0.254 e. The van der Waals surface area contributed by atoms with Gasteiger partial charge in [0.2, 0.25) is 5.91 Å². The summed E-state index contributed by atoms with van der Waals surface area (Å²) >= 11 is 0. The largest absolute Gasteiger partial charge is 0.365 e. The third-order valence-corrected chi connectivity index (χ3v) is 7.31. The average molecular weight is 504 g/mol. The molecule has 2 amide bonds. The lowest BCUT2D eigenvalue weighted by Crippen LogP contribution is -2.34. The number of aryl methyl sites for hydroxylation is 1. The minimum atomic E-state index is -0.376. The van der Waals surface area contributed by atoms with Crippen LogP contribution in [0.1, 0.15) is 28.8 Å². The van der Waals surface area contributed by atoms with Gasteiger partial charge in [-0.25, -0.2) is 9.97 Å². The standard InChI is InChI=1S/C29H25N7O2/c1-3-23(37)34-20-9-6-17(7-10-20)26-24-22-11-8-18(29(38)36-12-4-5-21(36)14-30)13-19(22)15-31-27-25(24)28(35(26)2)33-16-32-27/h3,6-11,13,16,21H,1,4-5,12,15H2,2H3,(H,34,37)(H,31,32,33). The van der Waals surface area contributed by atoms with Crippen LogP contribution in [0, 0.1) is 11.3 Å². The number of rotatable bonds is 4. The van der Waals surface area contributed by atoms with Crippen LogP contribution in [0.5, 0.6) is 0 Å². The van der Waals surface area contributed by atoms with Gasteiger partial charge in [0.1, 0.15) is 23.8 Å². The third kappa shape index (κ3) is 3.69. The van der Waals surface area contributed by atoms with Crippen molar-refractivity contribution < 1.29 is 9.59 Å². The Balaban J connectivity index is 1.48. The van der Waals surface area contributed by atoms with E-state index in [0.29, 0.717) is 30.8 Å². The first-order valence-corrected chi connectivity index (χ1v) is 12.4. The first-order valence-electron chi connectivity index (χ1n) is 12.4. The van der Waals surface area contributed by atoms with Crippen molar-refractivity contribution in [2.75, 3.05) is 17.2 Å². The molecule has 4 aromatic rings. The highest BCUT2D eigenvalue weighted by molar-refractivity contribution is 6.10. The van der Waals surface area contributed by atoms with E-state index in [0.717, 1.165) is 51.2 Å². The Bertz CT molecular complexity index is 1660. The van der Waals surface area contributed by atoms with Crippen molar-refractivity contribution in [2.24, 2.45) is 7.05 Å². The average Bonchev–Trinajstić information content (AvgIpc) is 3.50. The maximum atomic E-state index is 13.3. The van der Waals surface area contributed by atoms with Gasteiger partial charge in [0, 0.05) is 37.0 Å². The minimum Gasteiger partial charge on any atom is -0.365 e. The van der Waals surface area contributed by atoms with Crippen LogP contribution in [-0.2, 0) is 18.4 Å². The van der Waals surface area contributed by atoms with E-state index in [2.05, 4.69) is 33.2 Å². The number of nitrogens with zero attached hydrogens (tertiary/aromatic N) is 5. The van der Waals surface area contributed by atoms with E-state index in [4.69, 9.17) is 0 Å². The summed E-state index contributed by atoms with van der Waals surface area (Å²) in [6, 6.07) is 15.3. The van der Waals surface area contributed by atoms with Crippen molar-refractivity contribution in [2.45, 2.75) is 25.4 Å². The van der Waals surface area contributed by atoms with Crippen LogP contribution in [0.25, 0.3) is 33.4 Å². The zero-order valence-corrected chi connectivity index (χ0v) is 20.9. The van der Waals surface area contributed by atoms with Crippen molar-refractivity contribution in [3.8, 4) is 28.5 Å². The summed E-state index contributed by atoms with van der Waals surface area (Å²) in [5, 5.41) is 16.6. The topological polar surface area (TPSA) is 116 Å². The molecule has 38 heavy (non-hydrogen) atoms. The molecular formula is C29H25N7O2. The number of carbonyl (C=O) groups is 2. The zero-order chi connectivity index (χ0) is 26.4. The number of fused-ring (bicyclic) bond motifs is 2.